The normalized spacial score (nSPS) is 14.7. The molecule has 0 bridgehead atoms. The second-order valence-corrected chi connectivity index (χ2v) is 5.63. The van der Waals surface area contributed by atoms with E-state index in [9.17, 15) is 4.79 Å². The van der Waals surface area contributed by atoms with Crippen LogP contribution in [0.25, 0.3) is 10.9 Å². The maximum atomic E-state index is 12.8. The molecule has 3 heterocycles. The van der Waals surface area contributed by atoms with Crippen molar-refractivity contribution in [2.24, 2.45) is 0 Å². The molecule has 3 aromatic rings. The first-order chi connectivity index (χ1) is 11.2. The molecule has 4 rings (SSSR count). The van der Waals surface area contributed by atoms with Crippen molar-refractivity contribution in [3.8, 4) is 0 Å². The Kier molecular flexibility index (Phi) is 3.19. The van der Waals surface area contributed by atoms with E-state index in [-0.39, 0.29) is 6.03 Å². The molecule has 114 valence electrons. The van der Waals surface area contributed by atoms with Gasteiger partial charge in [-0.2, -0.15) is 0 Å². The highest BCUT2D eigenvalue weighted by Crippen LogP contribution is 2.27. The van der Waals surface area contributed by atoms with Crippen molar-refractivity contribution >= 4 is 28.3 Å². The highest BCUT2D eigenvalue weighted by atomic mass is 16.2. The Morgan fingerprint density at radius 1 is 1.04 bits per heavy atom. The molecule has 0 radical (unpaired) electrons. The average molecular weight is 304 g/mol. The van der Waals surface area contributed by atoms with Gasteiger partial charge in [-0.05, 0) is 30.7 Å². The summed E-state index contributed by atoms with van der Waals surface area (Å²) in [5, 5.41) is 1.04. The zero-order valence-electron chi connectivity index (χ0n) is 12.8. The van der Waals surface area contributed by atoms with Crippen molar-refractivity contribution in [2.75, 3.05) is 22.9 Å². The van der Waals surface area contributed by atoms with Crippen LogP contribution >= 0.6 is 0 Å². The number of anilines is 2. The van der Waals surface area contributed by atoms with Crippen LogP contribution in [0, 0.1) is 6.92 Å². The quantitative estimate of drug-likeness (QED) is 0.729. The first-order valence-electron chi connectivity index (χ1n) is 7.58. The van der Waals surface area contributed by atoms with Crippen molar-refractivity contribution in [3.05, 3.63) is 60.6 Å². The lowest BCUT2D eigenvalue weighted by atomic mass is 10.2. The number of para-hydroxylation sites is 1. The van der Waals surface area contributed by atoms with E-state index < -0.39 is 0 Å². The minimum Gasteiger partial charge on any atom is -0.291 e. The van der Waals surface area contributed by atoms with Gasteiger partial charge in [0.15, 0.2) is 0 Å². The van der Waals surface area contributed by atoms with Crippen LogP contribution in [0.2, 0.25) is 0 Å². The molecule has 1 saturated heterocycles. The number of aryl methyl sites for hydroxylation is 1. The molecule has 0 unspecified atom stereocenters. The molecule has 1 aliphatic rings. The van der Waals surface area contributed by atoms with Gasteiger partial charge in [0, 0.05) is 24.7 Å². The lowest BCUT2D eigenvalue weighted by Crippen LogP contribution is -2.32. The van der Waals surface area contributed by atoms with Crippen molar-refractivity contribution in [2.45, 2.75) is 6.92 Å². The van der Waals surface area contributed by atoms with Crippen LogP contribution in [0.3, 0.4) is 0 Å². The summed E-state index contributed by atoms with van der Waals surface area (Å²) in [7, 11) is 0. The Morgan fingerprint density at radius 3 is 2.74 bits per heavy atom. The van der Waals surface area contributed by atoms with E-state index in [1.165, 1.54) is 0 Å². The molecule has 5 heteroatoms. The first kappa shape index (κ1) is 13.7. The van der Waals surface area contributed by atoms with Gasteiger partial charge in [0.05, 0.1) is 29.3 Å². The molecule has 2 amide bonds. The van der Waals surface area contributed by atoms with Crippen molar-refractivity contribution in [3.63, 3.8) is 0 Å². The summed E-state index contributed by atoms with van der Waals surface area (Å²) in [6.07, 6.45) is 5.25. The lowest BCUT2D eigenvalue weighted by molar-refractivity contribution is 0.256. The number of aromatic nitrogens is 2. The molecule has 0 N–H and O–H groups in total. The number of hydrogen-bond acceptors (Lipinski definition) is 3. The third-order valence-electron chi connectivity index (χ3n) is 4.20. The fraction of sp³-hybridized carbons (Fsp3) is 0.167. The highest BCUT2D eigenvalue weighted by Gasteiger charge is 2.31. The van der Waals surface area contributed by atoms with Gasteiger partial charge in [-0.15, -0.1) is 0 Å². The Balaban J connectivity index is 1.68. The number of rotatable bonds is 2. The van der Waals surface area contributed by atoms with E-state index in [1.807, 2.05) is 43.3 Å². The number of amides is 2. The highest BCUT2D eigenvalue weighted by molar-refractivity contribution is 6.07. The molecular formula is C18H16N4O. The molecule has 0 spiro atoms. The average Bonchev–Trinajstić information content (AvgIpc) is 2.96. The standard InChI is InChI=1S/C18H16N4O/c1-13-6-7-19-12-17(13)22-9-8-21(18(22)23)15-10-14-4-2-3-5-16(14)20-11-15/h2-7,10-12H,8-9H2,1H3. The van der Waals surface area contributed by atoms with Gasteiger partial charge in [-0.1, -0.05) is 18.2 Å². The zero-order valence-corrected chi connectivity index (χ0v) is 12.8. The van der Waals surface area contributed by atoms with Crippen LogP contribution in [-0.2, 0) is 0 Å². The zero-order chi connectivity index (χ0) is 15.8. The number of carbonyl (C=O) groups excluding carboxylic acids is 1. The van der Waals surface area contributed by atoms with Crippen LogP contribution < -0.4 is 9.80 Å². The van der Waals surface area contributed by atoms with Crippen LogP contribution in [0.5, 0.6) is 0 Å². The predicted octanol–water partition coefficient (Wildman–Crippen LogP) is 3.38. The Morgan fingerprint density at radius 2 is 1.87 bits per heavy atom. The number of pyridine rings is 2. The fourth-order valence-electron chi connectivity index (χ4n) is 2.95. The molecule has 23 heavy (non-hydrogen) atoms. The molecule has 0 saturated carbocycles. The summed E-state index contributed by atoms with van der Waals surface area (Å²) in [6, 6.07) is 11.8. The van der Waals surface area contributed by atoms with Crippen LogP contribution in [0.15, 0.2) is 55.0 Å². The van der Waals surface area contributed by atoms with Gasteiger partial charge >= 0.3 is 6.03 Å². The van der Waals surface area contributed by atoms with Gasteiger partial charge in [-0.3, -0.25) is 19.8 Å². The molecular weight excluding hydrogens is 288 g/mol. The smallest absolute Gasteiger partial charge is 0.291 e. The lowest BCUT2D eigenvalue weighted by Gasteiger charge is -2.19. The van der Waals surface area contributed by atoms with E-state index in [0.717, 1.165) is 27.8 Å². The van der Waals surface area contributed by atoms with E-state index in [4.69, 9.17) is 0 Å². The molecule has 1 aromatic carbocycles. The van der Waals surface area contributed by atoms with Crippen LogP contribution in [0.1, 0.15) is 5.56 Å². The molecule has 0 aliphatic carbocycles. The number of hydrogen-bond donors (Lipinski definition) is 0. The predicted molar refractivity (Wildman–Crippen MR) is 90.8 cm³/mol. The van der Waals surface area contributed by atoms with E-state index in [0.29, 0.717) is 13.1 Å². The summed E-state index contributed by atoms with van der Waals surface area (Å²) in [5.41, 5.74) is 3.68. The van der Waals surface area contributed by atoms with Crippen molar-refractivity contribution < 1.29 is 4.79 Å². The second-order valence-electron chi connectivity index (χ2n) is 5.63. The second kappa shape index (κ2) is 5.35. The molecule has 0 atom stereocenters. The van der Waals surface area contributed by atoms with Crippen molar-refractivity contribution in [1.82, 2.24) is 9.97 Å². The molecule has 1 fully saturated rings. The van der Waals surface area contributed by atoms with Gasteiger partial charge < -0.3 is 0 Å². The SMILES string of the molecule is Cc1ccncc1N1CCN(c2cnc3ccccc3c2)C1=O. The number of urea groups is 1. The van der Waals surface area contributed by atoms with Crippen LogP contribution in [0.4, 0.5) is 16.2 Å². The first-order valence-corrected chi connectivity index (χ1v) is 7.58. The maximum Gasteiger partial charge on any atom is 0.329 e. The Labute approximate surface area is 134 Å². The molecule has 5 nitrogen and oxygen atoms in total. The summed E-state index contributed by atoms with van der Waals surface area (Å²) in [4.78, 5) is 24.9. The molecule has 1 aliphatic heterocycles. The number of nitrogens with zero attached hydrogens (tertiary/aromatic N) is 4. The third-order valence-corrected chi connectivity index (χ3v) is 4.20. The third kappa shape index (κ3) is 2.30. The van der Waals surface area contributed by atoms with E-state index in [2.05, 4.69) is 9.97 Å². The largest absolute Gasteiger partial charge is 0.329 e. The summed E-state index contributed by atoms with van der Waals surface area (Å²) >= 11 is 0. The fourth-order valence-corrected chi connectivity index (χ4v) is 2.95. The number of benzene rings is 1. The van der Waals surface area contributed by atoms with Gasteiger partial charge in [-0.25, -0.2) is 4.79 Å². The van der Waals surface area contributed by atoms with Gasteiger partial charge in [0.25, 0.3) is 0 Å². The summed E-state index contributed by atoms with van der Waals surface area (Å²) in [5.74, 6) is 0. The minimum absolute atomic E-state index is 0.0295. The van der Waals surface area contributed by atoms with E-state index in [1.54, 1.807) is 28.4 Å². The van der Waals surface area contributed by atoms with Crippen LogP contribution in [-0.4, -0.2) is 29.1 Å². The van der Waals surface area contributed by atoms with Gasteiger partial charge in [0.1, 0.15) is 0 Å². The Hall–Kier alpha value is -2.95. The minimum atomic E-state index is -0.0295. The topological polar surface area (TPSA) is 49.3 Å². The summed E-state index contributed by atoms with van der Waals surface area (Å²) in [6.45, 7) is 3.29. The number of fused-ring (bicyclic) bond motifs is 1. The van der Waals surface area contributed by atoms with Crippen molar-refractivity contribution in [1.29, 1.82) is 0 Å². The van der Waals surface area contributed by atoms with E-state index >= 15 is 0 Å². The molecule has 2 aromatic heterocycles. The Bertz CT molecular complexity index is 893. The summed E-state index contributed by atoms with van der Waals surface area (Å²) < 4.78 is 0. The monoisotopic (exact) mass is 304 g/mol. The van der Waals surface area contributed by atoms with Gasteiger partial charge in [0.2, 0.25) is 0 Å². The number of carbonyl (C=O) groups is 1. The maximum absolute atomic E-state index is 12.8.